The zero-order valence-electron chi connectivity index (χ0n) is 21.8. The second kappa shape index (κ2) is 10.7. The predicted molar refractivity (Wildman–Crippen MR) is 154 cm³/mol. The van der Waals surface area contributed by atoms with Crippen LogP contribution in [0, 0.1) is 10.8 Å². The van der Waals surface area contributed by atoms with Crippen LogP contribution < -0.4 is 10.4 Å². The highest BCUT2D eigenvalue weighted by molar-refractivity contribution is 8.13. The van der Waals surface area contributed by atoms with Crippen LogP contribution >= 0.6 is 11.8 Å². The van der Waals surface area contributed by atoms with Gasteiger partial charge in [0, 0.05) is 73.1 Å². The van der Waals surface area contributed by atoms with Gasteiger partial charge in [-0.05, 0) is 49.2 Å². The molecule has 0 atom stereocenters. The summed E-state index contributed by atoms with van der Waals surface area (Å²) < 4.78 is 3.36. The lowest BCUT2D eigenvalue weighted by Gasteiger charge is -2.41. The van der Waals surface area contributed by atoms with Gasteiger partial charge in [-0.2, -0.15) is 5.10 Å². The summed E-state index contributed by atoms with van der Waals surface area (Å²) in [7, 11) is 1.88. The molecule has 3 aromatic heterocycles. The molecule has 0 amide bonds. The van der Waals surface area contributed by atoms with Gasteiger partial charge in [0.05, 0.1) is 23.6 Å². The van der Waals surface area contributed by atoms with Crippen LogP contribution in [0.4, 0.5) is 5.69 Å². The fourth-order valence-corrected chi connectivity index (χ4v) is 6.49. The fraction of sp³-hybridized carbons (Fsp3) is 0.379. The highest BCUT2D eigenvalue weighted by Gasteiger charge is 2.25. The van der Waals surface area contributed by atoms with Crippen LogP contribution in [-0.4, -0.2) is 61.6 Å². The molecule has 0 unspecified atom stereocenters. The van der Waals surface area contributed by atoms with E-state index in [1.807, 2.05) is 43.8 Å². The number of hydrogen-bond acceptors (Lipinski definition) is 7. The lowest BCUT2D eigenvalue weighted by molar-refractivity contribution is 0.148. The largest absolute Gasteiger partial charge is 0.368 e. The number of piperazine rings is 1. The summed E-state index contributed by atoms with van der Waals surface area (Å²) in [5.41, 5.74) is 4.29. The summed E-state index contributed by atoms with van der Waals surface area (Å²) in [4.78, 5) is 10.9. The zero-order valence-corrected chi connectivity index (χ0v) is 22.6. The number of aryl methyl sites for hydroxylation is 1. The van der Waals surface area contributed by atoms with Crippen molar-refractivity contribution in [1.29, 1.82) is 10.8 Å². The number of hydrogen-bond donors (Lipinski definition) is 2. The van der Waals surface area contributed by atoms with Gasteiger partial charge in [-0.25, -0.2) is 0 Å². The third-order valence-electron chi connectivity index (χ3n) is 7.83. The van der Waals surface area contributed by atoms with Crippen molar-refractivity contribution in [3.63, 3.8) is 0 Å². The Hall–Kier alpha value is -3.43. The maximum Gasteiger partial charge on any atom is 0.171 e. The molecule has 4 heterocycles. The first kappa shape index (κ1) is 24.9. The monoisotopic (exact) mass is 526 g/mol. The van der Waals surface area contributed by atoms with Gasteiger partial charge in [0.25, 0.3) is 0 Å². The van der Waals surface area contributed by atoms with Gasteiger partial charge in [0.2, 0.25) is 0 Å². The van der Waals surface area contributed by atoms with Crippen molar-refractivity contribution in [3.05, 3.63) is 66.7 Å². The van der Waals surface area contributed by atoms with Gasteiger partial charge < -0.3 is 4.90 Å². The molecule has 8 nitrogen and oxygen atoms in total. The molecule has 1 aromatic carbocycles. The maximum absolute atomic E-state index is 8.74. The number of nitrogens with one attached hydrogen (secondary N) is 2. The standard InChI is InChI=1S/C29H34N8S/c1-34-19-23(17-33-34)21-7-10-28(30)37(20-21)29(31)38-26-8-9-27-22(16-26)15-25(18-32-27)36-13-11-35(12-14-36)24-5-3-2-4-6-24/h7-10,15-20,24,30-31H,2-6,11-14H2,1H3. The number of rotatable bonds is 4. The summed E-state index contributed by atoms with van der Waals surface area (Å²) in [6.07, 6.45) is 14.5. The Labute approximate surface area is 227 Å². The van der Waals surface area contributed by atoms with Crippen LogP contribution in [0.25, 0.3) is 22.0 Å². The number of nitrogens with zero attached hydrogens (tertiary/aromatic N) is 6. The first-order valence-electron chi connectivity index (χ1n) is 13.5. The van der Waals surface area contributed by atoms with E-state index < -0.39 is 0 Å². The van der Waals surface area contributed by atoms with Crippen LogP contribution in [0.15, 0.2) is 66.1 Å². The topological polar surface area (TPSA) is 89.8 Å². The highest BCUT2D eigenvalue weighted by Crippen LogP contribution is 2.29. The van der Waals surface area contributed by atoms with E-state index in [0.717, 1.165) is 59.1 Å². The van der Waals surface area contributed by atoms with E-state index in [-0.39, 0.29) is 10.7 Å². The van der Waals surface area contributed by atoms with Crippen LogP contribution in [0.2, 0.25) is 0 Å². The molecule has 0 radical (unpaired) electrons. The molecule has 1 aliphatic carbocycles. The Morgan fingerprint density at radius 3 is 2.50 bits per heavy atom. The Morgan fingerprint density at radius 2 is 1.74 bits per heavy atom. The molecule has 2 aliphatic rings. The number of pyridine rings is 2. The molecule has 38 heavy (non-hydrogen) atoms. The minimum Gasteiger partial charge on any atom is -0.368 e. The number of anilines is 1. The molecule has 0 bridgehead atoms. The van der Waals surface area contributed by atoms with Crippen molar-refractivity contribution >= 4 is 33.5 Å². The second-order valence-electron chi connectivity index (χ2n) is 10.3. The lowest BCUT2D eigenvalue weighted by atomic mass is 9.94. The zero-order chi connectivity index (χ0) is 26.1. The van der Waals surface area contributed by atoms with Gasteiger partial charge in [-0.15, -0.1) is 0 Å². The third-order valence-corrected chi connectivity index (χ3v) is 8.71. The van der Waals surface area contributed by atoms with Crippen LogP contribution in [0.1, 0.15) is 32.1 Å². The molecule has 6 rings (SSSR count). The van der Waals surface area contributed by atoms with Crippen LogP contribution in [-0.2, 0) is 7.05 Å². The number of benzene rings is 1. The van der Waals surface area contributed by atoms with Gasteiger partial charge in [-0.1, -0.05) is 31.0 Å². The van der Waals surface area contributed by atoms with Crippen molar-refractivity contribution in [1.82, 2.24) is 24.2 Å². The van der Waals surface area contributed by atoms with E-state index in [1.165, 1.54) is 49.6 Å². The van der Waals surface area contributed by atoms with E-state index in [4.69, 9.17) is 15.8 Å². The number of fused-ring (bicyclic) bond motifs is 1. The van der Waals surface area contributed by atoms with Crippen molar-refractivity contribution in [2.24, 2.45) is 7.05 Å². The van der Waals surface area contributed by atoms with Crippen molar-refractivity contribution in [3.8, 4) is 11.1 Å². The molecule has 1 aliphatic heterocycles. The molecule has 2 fully saturated rings. The quantitative estimate of drug-likeness (QED) is 0.223. The Morgan fingerprint density at radius 1 is 0.921 bits per heavy atom. The van der Waals surface area contributed by atoms with E-state index in [9.17, 15) is 0 Å². The predicted octanol–water partition coefficient (Wildman–Crippen LogP) is 4.95. The molecule has 4 aromatic rings. The summed E-state index contributed by atoms with van der Waals surface area (Å²) >= 11 is 1.35. The Kier molecular flexibility index (Phi) is 7.04. The van der Waals surface area contributed by atoms with Crippen LogP contribution in [0.3, 0.4) is 0 Å². The average molecular weight is 527 g/mol. The molecule has 196 valence electrons. The SMILES string of the molecule is Cn1cc(-c2ccc(=N)n(C(=N)Sc3ccc4ncc(N5CCN(C6CCCCC6)CC5)cc4c3)c2)cn1. The Balaban J connectivity index is 1.17. The molecule has 2 N–H and O–H groups in total. The van der Waals surface area contributed by atoms with Gasteiger partial charge in [0.1, 0.15) is 5.49 Å². The van der Waals surface area contributed by atoms with Gasteiger partial charge in [-0.3, -0.25) is 30.0 Å². The normalized spacial score (nSPS) is 17.2. The maximum atomic E-state index is 8.74. The fourth-order valence-electron chi connectivity index (χ4n) is 5.70. The summed E-state index contributed by atoms with van der Waals surface area (Å²) in [5, 5.41) is 22.7. The van der Waals surface area contributed by atoms with Crippen molar-refractivity contribution in [2.75, 3.05) is 31.1 Å². The molecule has 9 heteroatoms. The molecule has 0 spiro atoms. The average Bonchev–Trinajstić information content (AvgIpc) is 3.39. The highest BCUT2D eigenvalue weighted by atomic mass is 32.2. The summed E-state index contributed by atoms with van der Waals surface area (Å²) in [5.74, 6) is 0. The first-order valence-corrected chi connectivity index (χ1v) is 14.3. The summed E-state index contributed by atoms with van der Waals surface area (Å²) in [6, 6.07) is 12.8. The molecule has 1 saturated carbocycles. The first-order chi connectivity index (χ1) is 18.5. The van der Waals surface area contributed by atoms with Gasteiger partial charge in [0.15, 0.2) is 5.17 Å². The van der Waals surface area contributed by atoms with Gasteiger partial charge >= 0.3 is 0 Å². The second-order valence-corrected chi connectivity index (χ2v) is 11.4. The van der Waals surface area contributed by atoms with E-state index in [0.29, 0.717) is 0 Å². The number of aromatic nitrogens is 4. The lowest BCUT2D eigenvalue weighted by Crippen LogP contribution is -2.50. The van der Waals surface area contributed by atoms with Crippen molar-refractivity contribution < 1.29 is 0 Å². The third kappa shape index (κ3) is 5.26. The van der Waals surface area contributed by atoms with E-state index in [1.54, 1.807) is 21.5 Å². The number of thioether (sulfide) groups is 1. The molecular weight excluding hydrogens is 492 g/mol. The Bertz CT molecular complexity index is 1510. The molecular formula is C29H34N8S. The van der Waals surface area contributed by atoms with Crippen molar-refractivity contribution in [2.45, 2.75) is 43.0 Å². The van der Waals surface area contributed by atoms with E-state index in [2.05, 4.69) is 27.0 Å². The van der Waals surface area contributed by atoms with E-state index >= 15 is 0 Å². The van der Waals surface area contributed by atoms with Crippen LogP contribution in [0.5, 0.6) is 0 Å². The smallest absolute Gasteiger partial charge is 0.171 e. The minimum atomic E-state index is 0.271. The summed E-state index contributed by atoms with van der Waals surface area (Å²) in [6.45, 7) is 4.33. The molecule has 1 saturated heterocycles. The minimum absolute atomic E-state index is 0.271.